The normalized spacial score (nSPS) is 11.4. The lowest BCUT2D eigenvalue weighted by molar-refractivity contribution is 0.163. The van der Waals surface area contributed by atoms with Gasteiger partial charge in [0, 0.05) is 54.2 Å². The molecule has 0 radical (unpaired) electrons. The van der Waals surface area contributed by atoms with E-state index in [-0.39, 0.29) is 6.09 Å². The Bertz CT molecular complexity index is 1200. The highest BCUT2D eigenvalue weighted by Crippen LogP contribution is 2.37. The van der Waals surface area contributed by atoms with Gasteiger partial charge < -0.3 is 19.9 Å². The summed E-state index contributed by atoms with van der Waals surface area (Å²) in [5.74, 6) is 0.540. The van der Waals surface area contributed by atoms with Crippen molar-refractivity contribution in [2.45, 2.75) is 13.8 Å². The van der Waals surface area contributed by atoms with E-state index in [4.69, 9.17) is 4.74 Å². The second-order valence-corrected chi connectivity index (χ2v) is 7.15. The molecule has 2 heterocycles. The van der Waals surface area contributed by atoms with Gasteiger partial charge in [-0.2, -0.15) is 0 Å². The van der Waals surface area contributed by atoms with Gasteiger partial charge in [0.1, 0.15) is 5.75 Å². The molecule has 2 aromatic heterocycles. The molecule has 2 N–H and O–H groups in total. The number of aromatic amines is 1. The summed E-state index contributed by atoms with van der Waals surface area (Å²) in [6, 6.07) is 7.78. The number of fused-ring (bicyclic) bond motifs is 4. The van der Waals surface area contributed by atoms with Crippen molar-refractivity contribution in [2.75, 3.05) is 27.2 Å². The number of nitrogens with zero attached hydrogens (tertiary/aromatic N) is 2. The maximum Gasteiger partial charge on any atom is 0.415 e. The Labute approximate surface area is 163 Å². The molecule has 0 unspecified atom stereocenters. The lowest BCUT2D eigenvalue weighted by atomic mass is 9.97. The van der Waals surface area contributed by atoms with Crippen molar-refractivity contribution >= 4 is 38.7 Å². The number of H-pyrrole nitrogens is 1. The van der Waals surface area contributed by atoms with Crippen LogP contribution in [0.5, 0.6) is 5.75 Å². The van der Waals surface area contributed by atoms with Gasteiger partial charge in [-0.15, -0.1) is 0 Å². The predicted molar refractivity (Wildman–Crippen MR) is 113 cm³/mol. The van der Waals surface area contributed by atoms with E-state index in [1.165, 1.54) is 16.5 Å². The van der Waals surface area contributed by atoms with Gasteiger partial charge in [0.15, 0.2) is 0 Å². The minimum atomic E-state index is -0.364. The molecule has 0 aliphatic carbocycles. The highest BCUT2D eigenvalue weighted by Gasteiger charge is 2.16. The molecule has 0 bridgehead atoms. The van der Waals surface area contributed by atoms with Crippen LogP contribution in [0.25, 0.3) is 32.6 Å². The summed E-state index contributed by atoms with van der Waals surface area (Å²) in [7, 11) is 3.59. The zero-order valence-corrected chi connectivity index (χ0v) is 16.6. The summed E-state index contributed by atoms with van der Waals surface area (Å²) in [5.41, 5.74) is 4.50. The molecule has 6 heteroatoms. The average Bonchev–Trinajstić information content (AvgIpc) is 3.09. The molecular formula is C22H24N4O2. The summed E-state index contributed by atoms with van der Waals surface area (Å²) in [4.78, 5) is 21.7. The van der Waals surface area contributed by atoms with Crippen molar-refractivity contribution in [2.24, 2.45) is 0 Å². The summed E-state index contributed by atoms with van der Waals surface area (Å²) in [5, 5.41) is 7.56. The minimum Gasteiger partial charge on any atom is -0.410 e. The summed E-state index contributed by atoms with van der Waals surface area (Å²) in [6.45, 7) is 5.54. The van der Waals surface area contributed by atoms with Crippen LogP contribution in [-0.4, -0.2) is 48.1 Å². The zero-order valence-electron chi connectivity index (χ0n) is 16.6. The second-order valence-electron chi connectivity index (χ2n) is 7.15. The Balaban J connectivity index is 1.81. The number of ether oxygens (including phenoxy) is 1. The number of aryl methyl sites for hydroxylation is 2. The third-order valence-corrected chi connectivity index (χ3v) is 5.36. The van der Waals surface area contributed by atoms with Gasteiger partial charge in [-0.25, -0.2) is 4.79 Å². The number of pyridine rings is 1. The molecular weight excluding hydrogens is 352 g/mol. The standard InChI is InChI=1S/C22H24N4O2/c1-13-18-12-24-8-7-16(18)14(2)21-20(13)17-11-15(5-6-19(17)25-21)28-22(27)26(4)10-9-23-3/h5-8,11-12,23,25H,9-10H2,1-4H3. The number of aromatic nitrogens is 2. The Morgan fingerprint density at radius 3 is 2.79 bits per heavy atom. The zero-order chi connectivity index (χ0) is 19.8. The Morgan fingerprint density at radius 1 is 1.18 bits per heavy atom. The Hall–Kier alpha value is -3.12. The SMILES string of the molecule is CNCCN(C)C(=O)Oc1ccc2[nH]c3c(C)c4ccncc4c(C)c3c2c1. The first kappa shape index (κ1) is 18.3. The third kappa shape index (κ3) is 2.96. The van der Waals surface area contributed by atoms with E-state index in [9.17, 15) is 4.79 Å². The van der Waals surface area contributed by atoms with Crippen molar-refractivity contribution in [3.05, 3.63) is 47.8 Å². The maximum atomic E-state index is 12.3. The molecule has 1 amide bonds. The number of carbonyl (C=O) groups is 1. The number of hydrogen-bond donors (Lipinski definition) is 2. The number of hydrogen-bond acceptors (Lipinski definition) is 4. The van der Waals surface area contributed by atoms with E-state index in [0.29, 0.717) is 18.8 Å². The highest BCUT2D eigenvalue weighted by atomic mass is 16.6. The fourth-order valence-corrected chi connectivity index (χ4v) is 3.74. The minimum absolute atomic E-state index is 0.364. The van der Waals surface area contributed by atoms with Crippen LogP contribution in [0, 0.1) is 13.8 Å². The number of rotatable bonds is 4. The topological polar surface area (TPSA) is 70.2 Å². The van der Waals surface area contributed by atoms with Crippen LogP contribution in [-0.2, 0) is 0 Å². The van der Waals surface area contributed by atoms with E-state index in [1.54, 1.807) is 11.9 Å². The van der Waals surface area contributed by atoms with Crippen LogP contribution < -0.4 is 10.1 Å². The van der Waals surface area contributed by atoms with Crippen LogP contribution in [0.15, 0.2) is 36.7 Å². The number of benzene rings is 2. The van der Waals surface area contributed by atoms with Gasteiger partial charge in [-0.3, -0.25) is 4.98 Å². The first-order chi connectivity index (χ1) is 13.5. The largest absolute Gasteiger partial charge is 0.415 e. The summed E-state index contributed by atoms with van der Waals surface area (Å²) in [6.07, 6.45) is 3.37. The van der Waals surface area contributed by atoms with E-state index in [2.05, 4.69) is 35.2 Å². The van der Waals surface area contributed by atoms with Crippen LogP contribution in [0.3, 0.4) is 0 Å². The molecule has 144 valence electrons. The van der Waals surface area contributed by atoms with Crippen molar-refractivity contribution in [1.82, 2.24) is 20.2 Å². The van der Waals surface area contributed by atoms with Crippen molar-refractivity contribution in [3.8, 4) is 5.75 Å². The number of carbonyl (C=O) groups excluding carboxylic acids is 1. The molecule has 0 atom stereocenters. The molecule has 0 saturated carbocycles. The van der Waals surface area contributed by atoms with Crippen molar-refractivity contribution < 1.29 is 9.53 Å². The molecule has 28 heavy (non-hydrogen) atoms. The number of nitrogens with one attached hydrogen (secondary N) is 2. The molecule has 0 spiro atoms. The molecule has 0 aliphatic heterocycles. The molecule has 4 rings (SSSR count). The molecule has 4 aromatic rings. The first-order valence-corrected chi connectivity index (χ1v) is 9.37. The van der Waals surface area contributed by atoms with E-state index in [0.717, 1.165) is 27.2 Å². The monoisotopic (exact) mass is 376 g/mol. The third-order valence-electron chi connectivity index (χ3n) is 5.36. The molecule has 0 fully saturated rings. The first-order valence-electron chi connectivity index (χ1n) is 9.37. The number of amides is 1. The Kier molecular flexibility index (Phi) is 4.65. The van der Waals surface area contributed by atoms with Gasteiger partial charge in [-0.1, -0.05) is 0 Å². The lowest BCUT2D eigenvalue weighted by Crippen LogP contribution is -2.34. The fraction of sp³-hybridized carbons (Fsp3) is 0.273. The molecule has 0 saturated heterocycles. The predicted octanol–water partition coefficient (Wildman–Crippen LogP) is 4.14. The Morgan fingerprint density at radius 2 is 2.00 bits per heavy atom. The maximum absolute atomic E-state index is 12.3. The van der Waals surface area contributed by atoms with Gasteiger partial charge >= 0.3 is 6.09 Å². The van der Waals surface area contributed by atoms with Crippen molar-refractivity contribution in [3.63, 3.8) is 0 Å². The van der Waals surface area contributed by atoms with Crippen LogP contribution in [0.1, 0.15) is 11.1 Å². The van der Waals surface area contributed by atoms with Crippen LogP contribution in [0.2, 0.25) is 0 Å². The lowest BCUT2D eigenvalue weighted by Gasteiger charge is -2.16. The molecule has 6 nitrogen and oxygen atoms in total. The molecule has 0 aliphatic rings. The average molecular weight is 376 g/mol. The van der Waals surface area contributed by atoms with E-state index in [1.807, 2.05) is 37.6 Å². The quantitative estimate of drug-likeness (QED) is 0.562. The van der Waals surface area contributed by atoms with Gasteiger partial charge in [0.2, 0.25) is 0 Å². The van der Waals surface area contributed by atoms with E-state index >= 15 is 0 Å². The van der Waals surface area contributed by atoms with Crippen molar-refractivity contribution in [1.29, 1.82) is 0 Å². The van der Waals surface area contributed by atoms with E-state index < -0.39 is 0 Å². The highest BCUT2D eigenvalue weighted by molar-refractivity contribution is 6.16. The number of likely N-dealkylation sites (N-methyl/N-ethyl adjacent to an activating group) is 2. The summed E-state index contributed by atoms with van der Waals surface area (Å²) < 4.78 is 5.59. The molecule has 2 aromatic carbocycles. The van der Waals surface area contributed by atoms with Gasteiger partial charge in [0.05, 0.1) is 5.52 Å². The van der Waals surface area contributed by atoms with Gasteiger partial charge in [-0.05, 0) is 61.7 Å². The fourth-order valence-electron chi connectivity index (χ4n) is 3.74. The van der Waals surface area contributed by atoms with Gasteiger partial charge in [0.25, 0.3) is 0 Å². The summed E-state index contributed by atoms with van der Waals surface area (Å²) >= 11 is 0. The smallest absolute Gasteiger partial charge is 0.410 e. The van der Waals surface area contributed by atoms with Crippen LogP contribution in [0.4, 0.5) is 4.79 Å². The van der Waals surface area contributed by atoms with Crippen LogP contribution >= 0.6 is 0 Å². The second kappa shape index (κ2) is 7.13.